The Morgan fingerprint density at radius 3 is 2.86 bits per heavy atom. The fraction of sp³-hybridized carbons (Fsp3) is 0.571. The van der Waals surface area contributed by atoms with Crippen LogP contribution in [0.2, 0.25) is 0 Å². The topological polar surface area (TPSA) is 62.3 Å². The SMILES string of the molecule is CCCCCCSc1ncc(C)c2c(S(=O)(=O)N3CCCNCC3)cccc12. The number of nitrogens with one attached hydrogen (secondary N) is 1. The number of fused-ring (bicyclic) bond motifs is 1. The zero-order valence-electron chi connectivity index (χ0n) is 16.9. The molecule has 5 nitrogen and oxygen atoms in total. The van der Waals surface area contributed by atoms with Crippen molar-refractivity contribution in [2.24, 2.45) is 0 Å². The monoisotopic (exact) mass is 421 g/mol. The van der Waals surface area contributed by atoms with Crippen molar-refractivity contribution in [1.82, 2.24) is 14.6 Å². The molecular formula is C21H31N3O2S2. The highest BCUT2D eigenvalue weighted by molar-refractivity contribution is 7.99. The lowest BCUT2D eigenvalue weighted by Gasteiger charge is -2.21. The normalized spacial score (nSPS) is 16.4. The summed E-state index contributed by atoms with van der Waals surface area (Å²) in [6.45, 7) is 6.81. The van der Waals surface area contributed by atoms with E-state index in [-0.39, 0.29) is 0 Å². The molecule has 1 aromatic carbocycles. The lowest BCUT2D eigenvalue weighted by molar-refractivity contribution is 0.432. The Morgan fingerprint density at radius 2 is 2.04 bits per heavy atom. The summed E-state index contributed by atoms with van der Waals surface area (Å²) >= 11 is 1.74. The quantitative estimate of drug-likeness (QED) is 0.511. The summed E-state index contributed by atoms with van der Waals surface area (Å²) in [6, 6.07) is 5.61. The van der Waals surface area contributed by atoms with Gasteiger partial charge in [-0.3, -0.25) is 0 Å². The van der Waals surface area contributed by atoms with Crippen LogP contribution in [-0.2, 0) is 10.0 Å². The number of benzene rings is 1. The third-order valence-corrected chi connectivity index (χ3v) is 8.21. The van der Waals surface area contributed by atoms with Gasteiger partial charge in [-0.1, -0.05) is 38.3 Å². The van der Waals surface area contributed by atoms with Gasteiger partial charge in [0.25, 0.3) is 0 Å². The molecule has 1 aliphatic rings. The van der Waals surface area contributed by atoms with Crippen LogP contribution in [0.1, 0.15) is 44.6 Å². The van der Waals surface area contributed by atoms with Gasteiger partial charge in [0.15, 0.2) is 0 Å². The van der Waals surface area contributed by atoms with Crippen molar-refractivity contribution < 1.29 is 8.42 Å². The van der Waals surface area contributed by atoms with Gasteiger partial charge >= 0.3 is 0 Å². The minimum absolute atomic E-state index is 0.416. The molecular weight excluding hydrogens is 390 g/mol. The molecule has 3 rings (SSSR count). The molecule has 0 radical (unpaired) electrons. The van der Waals surface area contributed by atoms with E-state index in [1.165, 1.54) is 19.3 Å². The van der Waals surface area contributed by atoms with Crippen LogP contribution in [0.3, 0.4) is 0 Å². The molecule has 2 aromatic rings. The Labute approximate surface area is 173 Å². The van der Waals surface area contributed by atoms with Crippen molar-refractivity contribution in [3.63, 3.8) is 0 Å². The Kier molecular flexibility index (Phi) is 7.74. The number of nitrogens with zero attached hydrogens (tertiary/aromatic N) is 2. The van der Waals surface area contributed by atoms with Crippen molar-refractivity contribution >= 4 is 32.6 Å². The lowest BCUT2D eigenvalue weighted by atomic mass is 10.1. The molecule has 7 heteroatoms. The highest BCUT2D eigenvalue weighted by atomic mass is 32.2. The fourth-order valence-corrected chi connectivity index (χ4v) is 6.39. The molecule has 0 unspecified atom stereocenters. The van der Waals surface area contributed by atoms with Gasteiger partial charge in [-0.05, 0) is 43.7 Å². The van der Waals surface area contributed by atoms with Crippen molar-refractivity contribution in [1.29, 1.82) is 0 Å². The van der Waals surface area contributed by atoms with E-state index in [1.54, 1.807) is 22.1 Å². The molecule has 28 heavy (non-hydrogen) atoms. The van der Waals surface area contributed by atoms with Crippen LogP contribution < -0.4 is 5.32 Å². The predicted octanol–water partition coefficient (Wildman–Crippen LogP) is 4.20. The van der Waals surface area contributed by atoms with Crippen LogP contribution >= 0.6 is 11.8 Å². The molecule has 0 aliphatic carbocycles. The van der Waals surface area contributed by atoms with Crippen molar-refractivity contribution in [3.05, 3.63) is 30.0 Å². The Hall–Kier alpha value is -1.15. The zero-order chi connectivity index (χ0) is 20.0. The van der Waals surface area contributed by atoms with E-state index in [1.807, 2.05) is 25.3 Å². The number of thioether (sulfide) groups is 1. The van der Waals surface area contributed by atoms with Crippen molar-refractivity contribution in [2.75, 3.05) is 31.9 Å². The van der Waals surface area contributed by atoms with Crippen LogP contribution in [0.4, 0.5) is 0 Å². The summed E-state index contributed by atoms with van der Waals surface area (Å²) in [5, 5.41) is 5.99. The fourth-order valence-electron chi connectivity index (χ4n) is 3.63. The van der Waals surface area contributed by atoms with Gasteiger partial charge in [-0.25, -0.2) is 13.4 Å². The molecule has 2 heterocycles. The molecule has 0 amide bonds. The van der Waals surface area contributed by atoms with E-state index in [2.05, 4.69) is 17.2 Å². The average Bonchev–Trinajstić information content (AvgIpc) is 2.99. The third-order valence-electron chi connectivity index (χ3n) is 5.18. The summed E-state index contributed by atoms with van der Waals surface area (Å²) in [5.74, 6) is 1.01. The molecule has 1 aliphatic heterocycles. The number of hydrogen-bond donors (Lipinski definition) is 1. The number of hydrogen-bond acceptors (Lipinski definition) is 5. The summed E-state index contributed by atoms with van der Waals surface area (Å²) < 4.78 is 28.5. The van der Waals surface area contributed by atoms with E-state index >= 15 is 0 Å². The lowest BCUT2D eigenvalue weighted by Crippen LogP contribution is -2.34. The summed E-state index contributed by atoms with van der Waals surface area (Å²) in [5.41, 5.74) is 0.914. The number of unbranched alkanes of at least 4 members (excludes halogenated alkanes) is 3. The standard InChI is InChI=1S/C21H31N3O2S2/c1-3-4-5-6-15-27-21-18-9-7-10-19(20(18)17(2)16-23-21)28(25,26)24-13-8-11-22-12-14-24/h7,9-10,16,22H,3-6,8,11-15H2,1-2H3. The van der Waals surface area contributed by atoms with E-state index in [9.17, 15) is 8.42 Å². The van der Waals surface area contributed by atoms with Gasteiger partial charge in [0.05, 0.1) is 4.90 Å². The number of aryl methyl sites for hydroxylation is 1. The largest absolute Gasteiger partial charge is 0.315 e. The minimum atomic E-state index is -3.53. The van der Waals surface area contributed by atoms with Gasteiger partial charge < -0.3 is 5.32 Å². The number of rotatable bonds is 8. The first-order valence-corrected chi connectivity index (χ1v) is 12.7. The molecule has 0 bridgehead atoms. The van der Waals surface area contributed by atoms with Gasteiger partial charge in [0, 0.05) is 36.6 Å². The van der Waals surface area contributed by atoms with E-state index in [0.717, 1.165) is 46.5 Å². The predicted molar refractivity (Wildman–Crippen MR) is 118 cm³/mol. The third kappa shape index (κ3) is 4.87. The average molecular weight is 422 g/mol. The minimum Gasteiger partial charge on any atom is -0.315 e. The van der Waals surface area contributed by atoms with E-state index < -0.39 is 10.0 Å². The molecule has 1 aromatic heterocycles. The highest BCUT2D eigenvalue weighted by Gasteiger charge is 2.27. The van der Waals surface area contributed by atoms with Crippen LogP contribution in [0.5, 0.6) is 0 Å². The summed E-state index contributed by atoms with van der Waals surface area (Å²) in [6.07, 6.45) is 7.53. The second-order valence-electron chi connectivity index (χ2n) is 7.34. The Morgan fingerprint density at radius 1 is 1.18 bits per heavy atom. The van der Waals surface area contributed by atoms with E-state index in [0.29, 0.717) is 24.5 Å². The molecule has 1 saturated heterocycles. The summed E-state index contributed by atoms with van der Waals surface area (Å²) in [4.78, 5) is 5.04. The number of pyridine rings is 1. The maximum Gasteiger partial charge on any atom is 0.243 e. The van der Waals surface area contributed by atoms with Gasteiger partial charge in [-0.15, -0.1) is 11.8 Å². The zero-order valence-corrected chi connectivity index (χ0v) is 18.5. The summed E-state index contributed by atoms with van der Waals surface area (Å²) in [7, 11) is -3.53. The highest BCUT2D eigenvalue weighted by Crippen LogP contribution is 2.34. The van der Waals surface area contributed by atoms with Gasteiger partial charge in [0.1, 0.15) is 5.03 Å². The van der Waals surface area contributed by atoms with Gasteiger partial charge in [0.2, 0.25) is 10.0 Å². The van der Waals surface area contributed by atoms with Crippen LogP contribution in [-0.4, -0.2) is 49.6 Å². The van der Waals surface area contributed by atoms with Crippen molar-refractivity contribution in [2.45, 2.75) is 55.9 Å². The molecule has 1 N–H and O–H groups in total. The second kappa shape index (κ2) is 10.1. The van der Waals surface area contributed by atoms with Crippen LogP contribution in [0.15, 0.2) is 34.3 Å². The molecule has 154 valence electrons. The smallest absolute Gasteiger partial charge is 0.243 e. The first-order chi connectivity index (χ1) is 13.6. The van der Waals surface area contributed by atoms with Crippen LogP contribution in [0.25, 0.3) is 10.8 Å². The Balaban J connectivity index is 1.94. The molecule has 0 saturated carbocycles. The number of aromatic nitrogens is 1. The maximum atomic E-state index is 13.4. The molecule has 0 atom stereocenters. The van der Waals surface area contributed by atoms with Gasteiger partial charge in [-0.2, -0.15) is 4.31 Å². The van der Waals surface area contributed by atoms with E-state index in [4.69, 9.17) is 0 Å². The molecule has 1 fully saturated rings. The molecule has 0 spiro atoms. The first-order valence-electron chi connectivity index (χ1n) is 10.3. The Bertz CT molecular complexity index is 892. The first kappa shape index (κ1) is 21.6. The van der Waals surface area contributed by atoms with Crippen LogP contribution in [0, 0.1) is 6.92 Å². The maximum absolute atomic E-state index is 13.4. The number of sulfonamides is 1. The van der Waals surface area contributed by atoms with Crippen molar-refractivity contribution in [3.8, 4) is 0 Å². The second-order valence-corrected chi connectivity index (χ2v) is 10.3.